The largest absolute Gasteiger partial charge is 0.223 e. The Hall–Kier alpha value is -1.13. The fourth-order valence-corrected chi connectivity index (χ4v) is 2.49. The summed E-state index contributed by atoms with van der Waals surface area (Å²) in [6, 6.07) is 7.99. The van der Waals surface area contributed by atoms with Gasteiger partial charge in [-0.05, 0) is 29.7 Å². The number of hydrogen-bond donors (Lipinski definition) is 0. The fourth-order valence-electron chi connectivity index (χ4n) is 1.35. The Balaban J connectivity index is 2.12. The number of aryl methyl sites for hydroxylation is 1. The highest BCUT2D eigenvalue weighted by atomic mass is 35.5. The van der Waals surface area contributed by atoms with Crippen molar-refractivity contribution in [1.29, 1.82) is 0 Å². The highest BCUT2D eigenvalue weighted by Crippen LogP contribution is 2.25. The molecule has 2 rings (SSSR count). The minimum atomic E-state index is -0.437. The van der Waals surface area contributed by atoms with E-state index in [0.717, 1.165) is 11.8 Å². The molecule has 0 aliphatic carbocycles. The van der Waals surface area contributed by atoms with Crippen LogP contribution in [-0.2, 0) is 5.75 Å². The van der Waals surface area contributed by atoms with E-state index < -0.39 is 5.82 Å². The summed E-state index contributed by atoms with van der Waals surface area (Å²) in [5.41, 5.74) is 2.34. The van der Waals surface area contributed by atoms with E-state index >= 15 is 0 Å². The van der Waals surface area contributed by atoms with E-state index in [0.29, 0.717) is 5.75 Å². The van der Waals surface area contributed by atoms with Crippen LogP contribution in [0, 0.1) is 12.7 Å². The van der Waals surface area contributed by atoms with Gasteiger partial charge in [0.1, 0.15) is 5.03 Å². The zero-order valence-corrected chi connectivity index (χ0v) is 10.7. The van der Waals surface area contributed by atoms with E-state index in [-0.39, 0.29) is 10.3 Å². The number of thioether (sulfide) groups is 1. The van der Waals surface area contributed by atoms with Gasteiger partial charge in [-0.15, -0.1) is 0 Å². The lowest BCUT2D eigenvalue weighted by Crippen LogP contribution is -1.92. The van der Waals surface area contributed by atoms with Crippen LogP contribution >= 0.6 is 23.4 Å². The summed E-state index contributed by atoms with van der Waals surface area (Å²) < 4.78 is 13.4. The molecule has 0 unspecified atom stereocenters. The zero-order valence-electron chi connectivity index (χ0n) is 9.15. The number of rotatable bonds is 3. The SMILES string of the molecule is Cc1ccccc1CSc1nc(Cl)ncc1F. The van der Waals surface area contributed by atoms with Crippen LogP contribution in [0.4, 0.5) is 4.39 Å². The molecule has 1 aromatic carbocycles. The monoisotopic (exact) mass is 268 g/mol. The number of nitrogens with zero attached hydrogens (tertiary/aromatic N) is 2. The van der Waals surface area contributed by atoms with Crippen LogP contribution in [0.2, 0.25) is 5.28 Å². The summed E-state index contributed by atoms with van der Waals surface area (Å²) in [5.74, 6) is 0.227. The van der Waals surface area contributed by atoms with Crippen LogP contribution in [0.3, 0.4) is 0 Å². The van der Waals surface area contributed by atoms with Crippen molar-refractivity contribution in [2.75, 3.05) is 0 Å². The molecular weight excluding hydrogens is 259 g/mol. The van der Waals surface area contributed by atoms with Gasteiger partial charge >= 0.3 is 0 Å². The topological polar surface area (TPSA) is 25.8 Å². The summed E-state index contributed by atoms with van der Waals surface area (Å²) in [5, 5.41) is 0.354. The number of halogens is 2. The first kappa shape index (κ1) is 12.3. The predicted octanol–water partition coefficient (Wildman–Crippen LogP) is 3.87. The molecule has 17 heavy (non-hydrogen) atoms. The molecule has 1 aromatic heterocycles. The van der Waals surface area contributed by atoms with E-state index in [1.165, 1.54) is 17.3 Å². The summed E-state index contributed by atoms with van der Waals surface area (Å²) in [7, 11) is 0. The first-order chi connectivity index (χ1) is 8.16. The smallest absolute Gasteiger partial charge is 0.223 e. The van der Waals surface area contributed by atoms with Crippen LogP contribution < -0.4 is 0 Å². The van der Waals surface area contributed by atoms with Gasteiger partial charge in [-0.25, -0.2) is 14.4 Å². The molecule has 0 saturated carbocycles. The van der Waals surface area contributed by atoms with Crippen molar-refractivity contribution < 1.29 is 4.39 Å². The van der Waals surface area contributed by atoms with Crippen molar-refractivity contribution in [2.45, 2.75) is 17.7 Å². The molecule has 0 aliphatic rings. The van der Waals surface area contributed by atoms with Gasteiger partial charge < -0.3 is 0 Å². The third-order valence-electron chi connectivity index (χ3n) is 2.31. The van der Waals surface area contributed by atoms with E-state index in [9.17, 15) is 4.39 Å². The Morgan fingerprint density at radius 3 is 2.88 bits per heavy atom. The second kappa shape index (κ2) is 5.47. The predicted molar refractivity (Wildman–Crippen MR) is 67.7 cm³/mol. The first-order valence-corrected chi connectivity index (χ1v) is 6.38. The summed E-state index contributed by atoms with van der Waals surface area (Å²) >= 11 is 6.95. The maximum Gasteiger partial charge on any atom is 0.223 e. The van der Waals surface area contributed by atoms with Crippen LogP contribution in [-0.4, -0.2) is 9.97 Å². The van der Waals surface area contributed by atoms with Crippen LogP contribution in [0.25, 0.3) is 0 Å². The van der Waals surface area contributed by atoms with Crippen molar-refractivity contribution in [3.63, 3.8) is 0 Å². The quantitative estimate of drug-likeness (QED) is 0.480. The van der Waals surface area contributed by atoms with Gasteiger partial charge in [0.05, 0.1) is 6.20 Å². The molecule has 0 radical (unpaired) electrons. The van der Waals surface area contributed by atoms with Gasteiger partial charge in [0, 0.05) is 5.75 Å². The zero-order chi connectivity index (χ0) is 12.3. The minimum Gasteiger partial charge on any atom is -0.223 e. The first-order valence-electron chi connectivity index (χ1n) is 5.02. The number of benzene rings is 1. The van der Waals surface area contributed by atoms with Gasteiger partial charge in [-0.2, -0.15) is 0 Å². The average Bonchev–Trinajstić information content (AvgIpc) is 2.32. The van der Waals surface area contributed by atoms with E-state index in [1.807, 2.05) is 31.2 Å². The summed E-state index contributed by atoms with van der Waals surface area (Å²) in [4.78, 5) is 7.44. The lowest BCUT2D eigenvalue weighted by atomic mass is 10.1. The molecule has 0 atom stereocenters. The van der Waals surface area contributed by atoms with Crippen LogP contribution in [0.15, 0.2) is 35.5 Å². The van der Waals surface area contributed by atoms with Gasteiger partial charge in [0.15, 0.2) is 5.82 Å². The fraction of sp³-hybridized carbons (Fsp3) is 0.167. The van der Waals surface area contributed by atoms with Crippen molar-refractivity contribution in [2.24, 2.45) is 0 Å². The van der Waals surface area contributed by atoms with Gasteiger partial charge in [0.25, 0.3) is 0 Å². The van der Waals surface area contributed by atoms with Crippen molar-refractivity contribution in [3.05, 3.63) is 52.7 Å². The molecule has 0 N–H and O–H groups in total. The standard InChI is InChI=1S/C12H10ClFN2S/c1-8-4-2-3-5-9(8)7-17-11-10(14)6-15-12(13)16-11/h2-6H,7H2,1H3. The van der Waals surface area contributed by atoms with Crippen molar-refractivity contribution >= 4 is 23.4 Å². The Morgan fingerprint density at radius 1 is 1.35 bits per heavy atom. The van der Waals surface area contributed by atoms with E-state index in [1.54, 1.807) is 0 Å². The Kier molecular flexibility index (Phi) is 3.97. The van der Waals surface area contributed by atoms with E-state index in [2.05, 4.69) is 9.97 Å². The average molecular weight is 269 g/mol. The molecule has 2 nitrogen and oxygen atoms in total. The summed E-state index contributed by atoms with van der Waals surface area (Å²) in [6.07, 6.45) is 1.09. The molecule has 0 aliphatic heterocycles. The molecule has 0 amide bonds. The molecule has 5 heteroatoms. The highest BCUT2D eigenvalue weighted by Gasteiger charge is 2.07. The van der Waals surface area contributed by atoms with Crippen LogP contribution in [0.5, 0.6) is 0 Å². The number of hydrogen-bond acceptors (Lipinski definition) is 3. The molecule has 88 valence electrons. The third kappa shape index (κ3) is 3.17. The molecule has 0 spiro atoms. The molecular formula is C12H10ClFN2S. The Bertz CT molecular complexity index is 534. The number of aromatic nitrogens is 2. The Morgan fingerprint density at radius 2 is 2.12 bits per heavy atom. The highest BCUT2D eigenvalue weighted by molar-refractivity contribution is 7.98. The Labute approximate surface area is 108 Å². The maximum absolute atomic E-state index is 13.4. The lowest BCUT2D eigenvalue weighted by molar-refractivity contribution is 0.579. The molecule has 0 fully saturated rings. The van der Waals surface area contributed by atoms with Gasteiger partial charge in [-0.1, -0.05) is 36.0 Å². The third-order valence-corrected chi connectivity index (χ3v) is 3.51. The molecule has 0 saturated heterocycles. The van der Waals surface area contributed by atoms with Gasteiger partial charge in [-0.3, -0.25) is 0 Å². The summed E-state index contributed by atoms with van der Waals surface area (Å²) in [6.45, 7) is 2.03. The van der Waals surface area contributed by atoms with Crippen molar-refractivity contribution in [1.82, 2.24) is 9.97 Å². The van der Waals surface area contributed by atoms with E-state index in [4.69, 9.17) is 11.6 Å². The maximum atomic E-state index is 13.4. The molecule has 1 heterocycles. The van der Waals surface area contributed by atoms with Gasteiger partial charge in [0.2, 0.25) is 5.28 Å². The second-order valence-corrected chi connectivity index (χ2v) is 4.81. The molecule has 2 aromatic rings. The molecule has 0 bridgehead atoms. The minimum absolute atomic E-state index is 0.0682. The second-order valence-electron chi connectivity index (χ2n) is 3.51. The van der Waals surface area contributed by atoms with Crippen LogP contribution in [0.1, 0.15) is 11.1 Å². The lowest BCUT2D eigenvalue weighted by Gasteiger charge is -2.05. The van der Waals surface area contributed by atoms with Crippen molar-refractivity contribution in [3.8, 4) is 0 Å². The normalized spacial score (nSPS) is 10.5.